The first kappa shape index (κ1) is 37.8. The Morgan fingerprint density at radius 1 is 1.00 bits per heavy atom. The summed E-state index contributed by atoms with van der Waals surface area (Å²) >= 11 is 0. The molecule has 16 heteroatoms. The van der Waals surface area contributed by atoms with Crippen molar-refractivity contribution in [2.45, 2.75) is 78.4 Å². The number of Topliss-reactive ketones (excluding diaryl/α,β-unsaturated/α-hetero) is 1. The summed E-state index contributed by atoms with van der Waals surface area (Å²) in [6, 6.07) is 10.3. The summed E-state index contributed by atoms with van der Waals surface area (Å²) in [4.78, 5) is 64.4. The number of nitrogens with one attached hydrogen (secondary N) is 2. The molecule has 2 amide bonds. The Balaban J connectivity index is 3.07. The van der Waals surface area contributed by atoms with Gasteiger partial charge in [-0.05, 0) is 20.8 Å². The molecule has 0 aromatic heterocycles. The van der Waals surface area contributed by atoms with Gasteiger partial charge < -0.3 is 4.74 Å². The first-order valence-electron chi connectivity index (χ1n) is 13.9. The van der Waals surface area contributed by atoms with Gasteiger partial charge in [-0.3, -0.25) is 4.79 Å². The van der Waals surface area contributed by atoms with Gasteiger partial charge in [0.15, 0.2) is 0 Å². The molecule has 0 aliphatic carbocycles. The number of benzene rings is 1. The molecule has 42 heavy (non-hydrogen) atoms. The Morgan fingerprint density at radius 3 is 2.10 bits per heavy atom. The van der Waals surface area contributed by atoms with E-state index in [9.17, 15) is 24.0 Å². The van der Waals surface area contributed by atoms with Crippen LogP contribution in [0.1, 0.15) is 65.9 Å². The summed E-state index contributed by atoms with van der Waals surface area (Å²) in [5.41, 5.74) is 0.132. The van der Waals surface area contributed by atoms with Crippen molar-refractivity contribution in [3.8, 4) is 0 Å². The summed E-state index contributed by atoms with van der Waals surface area (Å²) in [6.07, 6.45) is 0.0813. The van der Waals surface area contributed by atoms with Gasteiger partial charge >= 0.3 is 198 Å². The van der Waals surface area contributed by atoms with E-state index in [0.717, 1.165) is 17.7 Å². The Labute approximate surface area is 257 Å². The molecule has 1 aromatic carbocycles. The van der Waals surface area contributed by atoms with Crippen molar-refractivity contribution in [2.24, 2.45) is 11.8 Å². The number of ketones is 1. The van der Waals surface area contributed by atoms with Crippen LogP contribution in [0.15, 0.2) is 30.3 Å². The van der Waals surface area contributed by atoms with Crippen LogP contribution < -0.4 is 10.6 Å². The van der Waals surface area contributed by atoms with Crippen molar-refractivity contribution < 1.29 is 28.7 Å². The molecule has 2 N–H and O–H groups in total. The van der Waals surface area contributed by atoms with Gasteiger partial charge in [0.25, 0.3) is 0 Å². The van der Waals surface area contributed by atoms with Crippen molar-refractivity contribution in [3.63, 3.8) is 0 Å². The molecule has 0 fully saturated rings. The van der Waals surface area contributed by atoms with Gasteiger partial charge in [-0.1, -0.05) is 18.2 Å². The van der Waals surface area contributed by atoms with Crippen LogP contribution in [0.3, 0.4) is 0 Å². The van der Waals surface area contributed by atoms with E-state index >= 15 is 0 Å². The third kappa shape index (κ3) is 13.0. The Hall–Kier alpha value is -2.23. The molecule has 0 bridgehead atoms. The second-order valence-corrected chi connectivity index (χ2v) is 14.5. The standard InChI is InChI=1S/C26H37B7N2O6S/c1-17(2)13-19(25(40)34-16-24(39)42(31-27,32-28)33(29)30)15-21(36)20(14-18-9-7-6-8-10-18)35-22(37)11-12-23(38)41-26(3,4)5/h6-10,17,19-20H,11-16H2,1-5H3,(H,34,40)(H,35,37). The monoisotopic (exact) mass is 582 g/mol. The fraction of sp³-hybridized carbons (Fsp3) is 0.577. The molecule has 0 saturated heterocycles. The molecule has 0 spiro atoms. The summed E-state index contributed by atoms with van der Waals surface area (Å²) in [5.74, 6) is -3.73. The van der Waals surface area contributed by atoms with Gasteiger partial charge in [-0.2, -0.15) is 0 Å². The molecular weight excluding hydrogens is 544 g/mol. The fourth-order valence-electron chi connectivity index (χ4n) is 4.17. The van der Waals surface area contributed by atoms with Crippen molar-refractivity contribution in [3.05, 3.63) is 35.9 Å². The Bertz CT molecular complexity index is 1220. The SMILES string of the molecule is [B]B=S(=B[B])(B([B])[B])C(=O)CNC(=O)C(CC(=O)C(Cc1ccccc1)NC(=O)CCC(=O)OC(C)(C)C)CC(C)C. The number of hydrogen-bond acceptors (Lipinski definition) is 6. The van der Waals surface area contributed by atoms with Crippen molar-refractivity contribution in [1.29, 1.82) is 0 Å². The first-order chi connectivity index (χ1) is 19.5. The van der Waals surface area contributed by atoms with E-state index < -0.39 is 61.5 Å². The van der Waals surface area contributed by atoms with E-state index in [1.807, 2.05) is 44.2 Å². The number of amides is 2. The quantitative estimate of drug-likeness (QED) is 0.232. The summed E-state index contributed by atoms with van der Waals surface area (Å²) in [5, 5.41) is 4.79. The minimum absolute atomic E-state index is 0.0529. The Morgan fingerprint density at radius 2 is 1.60 bits per heavy atom. The van der Waals surface area contributed by atoms with E-state index in [2.05, 4.69) is 10.6 Å². The number of ether oxygens (including phenoxy) is 1. The second-order valence-electron chi connectivity index (χ2n) is 11.5. The van der Waals surface area contributed by atoms with Crippen LogP contribution >= 0.6 is 8.73 Å². The van der Waals surface area contributed by atoms with Crippen molar-refractivity contribution in [2.75, 3.05) is 6.54 Å². The summed E-state index contributed by atoms with van der Waals surface area (Å²) in [7, 11) is 20.1. The third-order valence-corrected chi connectivity index (χ3v) is 8.99. The zero-order chi connectivity index (χ0) is 32.1. The van der Waals surface area contributed by atoms with E-state index in [1.165, 1.54) is 0 Å². The second kappa shape index (κ2) is 17.8. The fourth-order valence-corrected chi connectivity index (χ4v) is 5.55. The van der Waals surface area contributed by atoms with Gasteiger partial charge in [0.2, 0.25) is 0 Å². The Kier molecular flexibility index (Phi) is 16.0. The van der Waals surface area contributed by atoms with Gasteiger partial charge in [-0.25, -0.2) is 0 Å². The van der Waals surface area contributed by atoms with Crippen LogP contribution in [0.4, 0.5) is 0 Å². The molecule has 2 unspecified atom stereocenters. The van der Waals surface area contributed by atoms with Gasteiger partial charge in [0.1, 0.15) is 5.60 Å². The molecule has 0 saturated carbocycles. The average Bonchev–Trinajstić information content (AvgIpc) is 2.90. The molecule has 0 aliphatic rings. The average molecular weight is 581 g/mol. The number of hydrogen-bond donors (Lipinski definition) is 2. The van der Waals surface area contributed by atoms with Gasteiger partial charge in [-0.15, -0.1) is 0 Å². The van der Waals surface area contributed by atoms with Crippen LogP contribution in [0, 0.1) is 11.8 Å². The third-order valence-electron chi connectivity index (χ3n) is 6.26. The molecule has 1 rings (SSSR count). The maximum absolute atomic E-state index is 13.6. The molecule has 2 atom stereocenters. The topological polar surface area (TPSA) is 119 Å². The summed E-state index contributed by atoms with van der Waals surface area (Å²) in [6.45, 7) is 8.60. The summed E-state index contributed by atoms with van der Waals surface area (Å²) < 4.78 is 5.26. The normalized spacial score (nSPS) is 12.7. The van der Waals surface area contributed by atoms with Crippen LogP contribution in [0.5, 0.6) is 0 Å². The predicted molar refractivity (Wildman–Crippen MR) is 176 cm³/mol. The molecule has 0 aliphatic heterocycles. The van der Waals surface area contributed by atoms with Crippen molar-refractivity contribution in [1.82, 2.24) is 10.6 Å². The van der Waals surface area contributed by atoms with Gasteiger partial charge in [0.05, 0.1) is 6.42 Å². The minimum atomic E-state index is -2.66. The van der Waals surface area contributed by atoms with Crippen molar-refractivity contribution >= 4 is 86.2 Å². The van der Waals surface area contributed by atoms with E-state index in [0.29, 0.717) is 6.42 Å². The van der Waals surface area contributed by atoms with Crippen LogP contribution in [-0.4, -0.2) is 95.7 Å². The van der Waals surface area contributed by atoms with E-state index in [1.54, 1.807) is 20.8 Å². The van der Waals surface area contributed by atoms with Crippen LogP contribution in [0.2, 0.25) is 0 Å². The van der Waals surface area contributed by atoms with Crippen LogP contribution in [0.25, 0.3) is 0 Å². The molecule has 8 nitrogen and oxygen atoms in total. The first-order valence-corrected chi connectivity index (χ1v) is 15.7. The number of carbonyl (C=O) groups excluding carboxylic acids is 5. The number of carbonyl (C=O) groups is 5. The molecular formula is C26H37B7N2O6S. The molecule has 8 radical (unpaired) electrons. The predicted octanol–water partition coefficient (Wildman–Crippen LogP) is 0.632. The zero-order valence-corrected chi connectivity index (χ0v) is 26.1. The molecule has 214 valence electrons. The van der Waals surface area contributed by atoms with E-state index in [-0.39, 0.29) is 37.4 Å². The molecule has 1 aromatic rings. The van der Waals surface area contributed by atoms with Crippen LogP contribution in [-0.2, 0) is 35.1 Å². The van der Waals surface area contributed by atoms with Gasteiger partial charge in [0, 0.05) is 0 Å². The number of esters is 1. The molecule has 0 heterocycles. The van der Waals surface area contributed by atoms with E-state index in [4.69, 9.17) is 35.7 Å². The zero-order valence-electron chi connectivity index (χ0n) is 25.3. The number of rotatable bonds is 15. The maximum atomic E-state index is 13.6.